The van der Waals surface area contributed by atoms with Gasteiger partial charge in [0.25, 0.3) is 0 Å². The third-order valence-corrected chi connectivity index (χ3v) is 3.90. The number of carbonyl (C=O) groups is 2. The van der Waals surface area contributed by atoms with Gasteiger partial charge in [-0.05, 0) is 13.0 Å². The molecule has 1 atom stereocenters. The van der Waals surface area contributed by atoms with E-state index in [1.807, 2.05) is 4.90 Å². The molecule has 6 nitrogen and oxygen atoms in total. The minimum Gasteiger partial charge on any atom is -0.352 e. The number of amides is 2. The molecule has 0 saturated carbocycles. The Bertz CT molecular complexity index is 368. The minimum absolute atomic E-state index is 0. The van der Waals surface area contributed by atoms with Crippen molar-refractivity contribution in [1.29, 1.82) is 0 Å². The molecule has 2 heterocycles. The number of nitrogens with one attached hydrogen (secondary N) is 2. The highest BCUT2D eigenvalue weighted by atomic mass is 35.5. The third kappa shape index (κ3) is 6.12. The summed E-state index contributed by atoms with van der Waals surface area (Å²) in [7, 11) is 0. The van der Waals surface area contributed by atoms with Crippen LogP contribution < -0.4 is 10.6 Å². The van der Waals surface area contributed by atoms with Crippen molar-refractivity contribution >= 4 is 36.6 Å². The quantitative estimate of drug-likeness (QED) is 0.677. The van der Waals surface area contributed by atoms with Gasteiger partial charge in [-0.3, -0.25) is 14.5 Å². The van der Waals surface area contributed by atoms with Gasteiger partial charge < -0.3 is 15.5 Å². The Morgan fingerprint density at radius 1 is 1.23 bits per heavy atom. The topological polar surface area (TPSA) is 64.7 Å². The molecule has 0 spiro atoms. The van der Waals surface area contributed by atoms with Crippen LogP contribution in [0.25, 0.3) is 0 Å². The van der Waals surface area contributed by atoms with E-state index in [2.05, 4.69) is 22.1 Å². The minimum atomic E-state index is 0. The number of nitrogens with zero attached hydrogens (tertiary/aromatic N) is 2. The molecule has 0 aromatic heterocycles. The lowest BCUT2D eigenvalue weighted by molar-refractivity contribution is -0.136. The van der Waals surface area contributed by atoms with Crippen molar-refractivity contribution in [2.24, 2.45) is 5.92 Å². The molecular weight excluding hydrogens is 327 g/mol. The number of piperazine rings is 1. The van der Waals surface area contributed by atoms with Gasteiger partial charge in [0, 0.05) is 39.3 Å². The first kappa shape index (κ1) is 21.2. The standard InChI is InChI=1S/C14H24N4O2.2ClH/c1-2-4-16-13(19)11-17-6-8-18(9-7-17)14(20)12-3-5-15-10-12;;/h2,12,15H,1,3-11H2,(H,16,19);2*1H. The Labute approximate surface area is 144 Å². The Morgan fingerprint density at radius 3 is 2.45 bits per heavy atom. The number of halogens is 2. The summed E-state index contributed by atoms with van der Waals surface area (Å²) in [6, 6.07) is 0. The largest absolute Gasteiger partial charge is 0.352 e. The van der Waals surface area contributed by atoms with Gasteiger partial charge in [0.05, 0.1) is 12.5 Å². The van der Waals surface area contributed by atoms with Crippen molar-refractivity contribution < 1.29 is 9.59 Å². The van der Waals surface area contributed by atoms with Crippen LogP contribution in [-0.2, 0) is 9.59 Å². The molecule has 2 N–H and O–H groups in total. The third-order valence-electron chi connectivity index (χ3n) is 3.90. The van der Waals surface area contributed by atoms with Crippen molar-refractivity contribution in [3.8, 4) is 0 Å². The first-order chi connectivity index (χ1) is 9.70. The summed E-state index contributed by atoms with van der Waals surface area (Å²) in [5, 5.41) is 6.00. The van der Waals surface area contributed by atoms with E-state index in [0.717, 1.165) is 45.7 Å². The monoisotopic (exact) mass is 352 g/mol. The molecule has 2 amide bonds. The number of hydrogen-bond acceptors (Lipinski definition) is 4. The van der Waals surface area contributed by atoms with Crippen LogP contribution >= 0.6 is 24.8 Å². The molecule has 22 heavy (non-hydrogen) atoms. The highest BCUT2D eigenvalue weighted by Gasteiger charge is 2.29. The van der Waals surface area contributed by atoms with Gasteiger partial charge in [0.2, 0.25) is 11.8 Å². The van der Waals surface area contributed by atoms with E-state index in [4.69, 9.17) is 0 Å². The van der Waals surface area contributed by atoms with Gasteiger partial charge in [-0.25, -0.2) is 0 Å². The summed E-state index contributed by atoms with van der Waals surface area (Å²) in [4.78, 5) is 27.9. The Hall–Kier alpha value is -0.820. The maximum Gasteiger partial charge on any atom is 0.234 e. The summed E-state index contributed by atoms with van der Waals surface area (Å²) < 4.78 is 0. The average molecular weight is 353 g/mol. The molecule has 2 fully saturated rings. The molecule has 2 rings (SSSR count). The van der Waals surface area contributed by atoms with E-state index in [-0.39, 0.29) is 42.5 Å². The van der Waals surface area contributed by atoms with Crippen LogP contribution in [0.1, 0.15) is 6.42 Å². The molecule has 0 bridgehead atoms. The molecule has 0 radical (unpaired) electrons. The van der Waals surface area contributed by atoms with Crippen LogP contribution in [0.4, 0.5) is 0 Å². The molecule has 0 aromatic carbocycles. The van der Waals surface area contributed by atoms with Gasteiger partial charge in [0.1, 0.15) is 0 Å². The van der Waals surface area contributed by atoms with Gasteiger partial charge in [-0.2, -0.15) is 0 Å². The zero-order valence-electron chi connectivity index (χ0n) is 12.8. The fourth-order valence-electron chi connectivity index (χ4n) is 2.70. The van der Waals surface area contributed by atoms with Crippen LogP contribution in [0.2, 0.25) is 0 Å². The number of rotatable bonds is 5. The van der Waals surface area contributed by atoms with Gasteiger partial charge in [0.15, 0.2) is 0 Å². The lowest BCUT2D eigenvalue weighted by Gasteiger charge is -2.35. The van der Waals surface area contributed by atoms with E-state index in [1.165, 1.54) is 0 Å². The van der Waals surface area contributed by atoms with Crippen LogP contribution in [0, 0.1) is 5.92 Å². The molecule has 0 aliphatic carbocycles. The highest BCUT2D eigenvalue weighted by Crippen LogP contribution is 2.13. The van der Waals surface area contributed by atoms with Crippen LogP contribution in [0.15, 0.2) is 12.7 Å². The Balaban J connectivity index is 0.00000220. The fraction of sp³-hybridized carbons (Fsp3) is 0.714. The second kappa shape index (κ2) is 10.8. The molecule has 128 valence electrons. The van der Waals surface area contributed by atoms with E-state index < -0.39 is 0 Å². The molecule has 1 unspecified atom stereocenters. The van der Waals surface area contributed by atoms with Crippen molar-refractivity contribution in [1.82, 2.24) is 20.4 Å². The zero-order valence-corrected chi connectivity index (χ0v) is 14.4. The SMILES string of the molecule is C=CCNC(=O)CN1CCN(C(=O)C2CCNC2)CC1.Cl.Cl. The molecule has 2 aliphatic rings. The Kier molecular flexibility index (Phi) is 10.4. The number of carbonyl (C=O) groups excluding carboxylic acids is 2. The zero-order chi connectivity index (χ0) is 14.4. The normalized spacial score (nSPS) is 21.5. The lowest BCUT2D eigenvalue weighted by atomic mass is 10.1. The fourth-order valence-corrected chi connectivity index (χ4v) is 2.70. The summed E-state index contributed by atoms with van der Waals surface area (Å²) in [6.07, 6.45) is 2.62. The number of hydrogen-bond donors (Lipinski definition) is 2. The van der Waals surface area contributed by atoms with E-state index in [1.54, 1.807) is 6.08 Å². The molecule has 8 heteroatoms. The van der Waals surface area contributed by atoms with Crippen LogP contribution in [-0.4, -0.2) is 74.0 Å². The predicted octanol–water partition coefficient (Wildman–Crippen LogP) is -0.114. The first-order valence-corrected chi connectivity index (χ1v) is 7.30. The van der Waals surface area contributed by atoms with Gasteiger partial charge >= 0.3 is 0 Å². The summed E-state index contributed by atoms with van der Waals surface area (Å²) >= 11 is 0. The van der Waals surface area contributed by atoms with Crippen molar-refractivity contribution in [2.45, 2.75) is 6.42 Å². The first-order valence-electron chi connectivity index (χ1n) is 7.30. The van der Waals surface area contributed by atoms with Gasteiger partial charge in [-0.1, -0.05) is 6.08 Å². The second-order valence-electron chi connectivity index (χ2n) is 5.38. The smallest absolute Gasteiger partial charge is 0.234 e. The molecule has 2 aliphatic heterocycles. The Morgan fingerprint density at radius 2 is 1.91 bits per heavy atom. The lowest BCUT2D eigenvalue weighted by Crippen LogP contribution is -2.52. The van der Waals surface area contributed by atoms with Crippen LogP contribution in [0.5, 0.6) is 0 Å². The van der Waals surface area contributed by atoms with Crippen molar-refractivity contribution in [3.05, 3.63) is 12.7 Å². The van der Waals surface area contributed by atoms with E-state index in [9.17, 15) is 9.59 Å². The summed E-state index contributed by atoms with van der Waals surface area (Å²) in [5.74, 6) is 0.438. The average Bonchev–Trinajstić information content (AvgIpc) is 2.99. The van der Waals surface area contributed by atoms with E-state index >= 15 is 0 Å². The van der Waals surface area contributed by atoms with E-state index in [0.29, 0.717) is 13.1 Å². The maximum absolute atomic E-state index is 12.2. The van der Waals surface area contributed by atoms with Crippen molar-refractivity contribution in [3.63, 3.8) is 0 Å². The summed E-state index contributed by atoms with van der Waals surface area (Å²) in [5.41, 5.74) is 0. The van der Waals surface area contributed by atoms with Crippen molar-refractivity contribution in [2.75, 3.05) is 52.4 Å². The predicted molar refractivity (Wildman–Crippen MR) is 91.7 cm³/mol. The second-order valence-corrected chi connectivity index (χ2v) is 5.38. The molecule has 0 aromatic rings. The van der Waals surface area contributed by atoms with Crippen LogP contribution in [0.3, 0.4) is 0 Å². The highest BCUT2D eigenvalue weighted by molar-refractivity contribution is 5.85. The van der Waals surface area contributed by atoms with Gasteiger partial charge in [-0.15, -0.1) is 31.4 Å². The molecule has 2 saturated heterocycles. The maximum atomic E-state index is 12.2. The summed E-state index contributed by atoms with van der Waals surface area (Å²) in [6.45, 7) is 9.23. The molecular formula is C14H26Cl2N4O2.